The molecule has 0 bridgehead atoms. The summed E-state index contributed by atoms with van der Waals surface area (Å²) < 4.78 is 11.0. The fraction of sp³-hybridized carbons (Fsp3) is 0.562. The Kier molecular flexibility index (Phi) is 6.66. The summed E-state index contributed by atoms with van der Waals surface area (Å²) in [6.45, 7) is 2.66. The molecular weight excluding hydrogens is 268 g/mol. The third-order valence-electron chi connectivity index (χ3n) is 3.52. The van der Waals surface area contributed by atoms with Crippen LogP contribution < -0.4 is 11.1 Å². The van der Waals surface area contributed by atoms with E-state index in [1.807, 2.05) is 24.3 Å². The van der Waals surface area contributed by atoms with Crippen molar-refractivity contribution < 1.29 is 14.3 Å². The first-order valence-electron chi connectivity index (χ1n) is 7.56. The van der Waals surface area contributed by atoms with Crippen LogP contribution in [0.3, 0.4) is 0 Å². The van der Waals surface area contributed by atoms with Gasteiger partial charge in [-0.2, -0.15) is 0 Å². The van der Waals surface area contributed by atoms with Crippen molar-refractivity contribution in [3.63, 3.8) is 0 Å². The molecule has 0 saturated carbocycles. The molecule has 0 aliphatic carbocycles. The maximum absolute atomic E-state index is 11.8. The van der Waals surface area contributed by atoms with Gasteiger partial charge in [-0.05, 0) is 37.0 Å². The van der Waals surface area contributed by atoms with Crippen molar-refractivity contribution in [1.82, 2.24) is 0 Å². The molecule has 116 valence electrons. The van der Waals surface area contributed by atoms with Gasteiger partial charge in [0.2, 0.25) is 5.91 Å². The fourth-order valence-electron chi connectivity index (χ4n) is 2.32. The summed E-state index contributed by atoms with van der Waals surface area (Å²) >= 11 is 0. The van der Waals surface area contributed by atoms with E-state index in [-0.39, 0.29) is 5.91 Å². The lowest BCUT2D eigenvalue weighted by molar-refractivity contribution is -0.116. The lowest BCUT2D eigenvalue weighted by atomic mass is 10.1. The second-order valence-corrected chi connectivity index (χ2v) is 5.24. The highest BCUT2D eigenvalue weighted by molar-refractivity contribution is 5.90. The van der Waals surface area contributed by atoms with Crippen LogP contribution in [0.5, 0.6) is 0 Å². The molecule has 5 nitrogen and oxygen atoms in total. The molecule has 2 rings (SSSR count). The normalized spacial score (nSPS) is 15.9. The Morgan fingerprint density at radius 2 is 2.19 bits per heavy atom. The largest absolute Gasteiger partial charge is 0.381 e. The van der Waals surface area contributed by atoms with Gasteiger partial charge < -0.3 is 20.5 Å². The molecule has 1 aromatic rings. The molecule has 0 atom stereocenters. The van der Waals surface area contributed by atoms with E-state index in [4.69, 9.17) is 15.2 Å². The summed E-state index contributed by atoms with van der Waals surface area (Å²) in [6.07, 6.45) is 3.41. The Labute approximate surface area is 125 Å². The van der Waals surface area contributed by atoms with Gasteiger partial charge in [0.25, 0.3) is 0 Å². The van der Waals surface area contributed by atoms with Gasteiger partial charge in [0, 0.05) is 38.5 Å². The Bertz CT molecular complexity index is 445. The number of anilines is 1. The van der Waals surface area contributed by atoms with Gasteiger partial charge >= 0.3 is 0 Å². The van der Waals surface area contributed by atoms with Crippen molar-refractivity contribution in [2.45, 2.75) is 38.3 Å². The summed E-state index contributed by atoms with van der Waals surface area (Å²) in [7, 11) is 0. The lowest BCUT2D eigenvalue weighted by Gasteiger charge is -2.22. The topological polar surface area (TPSA) is 73.6 Å². The van der Waals surface area contributed by atoms with Crippen LogP contribution in [0, 0.1) is 0 Å². The van der Waals surface area contributed by atoms with E-state index in [0.717, 1.165) is 43.7 Å². The standard InChI is InChI=1S/C16H24N2O3/c17-12-13-3-1-4-14(11-13)18-16(19)5-2-8-21-15-6-9-20-10-7-15/h1,3-4,11,15H,2,5-10,12,17H2,(H,18,19). The SMILES string of the molecule is NCc1cccc(NC(=O)CCCOC2CCOCC2)c1. The van der Waals surface area contributed by atoms with E-state index in [2.05, 4.69) is 5.32 Å². The van der Waals surface area contributed by atoms with E-state index in [1.54, 1.807) is 0 Å². The van der Waals surface area contributed by atoms with E-state index in [1.165, 1.54) is 0 Å². The number of rotatable bonds is 7. The van der Waals surface area contributed by atoms with Crippen molar-refractivity contribution in [3.8, 4) is 0 Å². The van der Waals surface area contributed by atoms with E-state index in [0.29, 0.717) is 25.7 Å². The smallest absolute Gasteiger partial charge is 0.224 e. The van der Waals surface area contributed by atoms with Crippen LogP contribution in [0.4, 0.5) is 5.69 Å². The van der Waals surface area contributed by atoms with Crippen LogP contribution in [0.25, 0.3) is 0 Å². The molecule has 1 heterocycles. The molecule has 1 amide bonds. The van der Waals surface area contributed by atoms with Gasteiger partial charge in [-0.3, -0.25) is 4.79 Å². The molecule has 5 heteroatoms. The minimum atomic E-state index is 0.0137. The Balaban J connectivity index is 1.62. The zero-order valence-electron chi connectivity index (χ0n) is 12.3. The van der Waals surface area contributed by atoms with Gasteiger partial charge in [0.05, 0.1) is 6.10 Å². The first kappa shape index (κ1) is 15.9. The van der Waals surface area contributed by atoms with Crippen molar-refractivity contribution in [3.05, 3.63) is 29.8 Å². The summed E-state index contributed by atoms with van der Waals surface area (Å²) in [4.78, 5) is 11.8. The highest BCUT2D eigenvalue weighted by atomic mass is 16.5. The van der Waals surface area contributed by atoms with Gasteiger partial charge in [-0.1, -0.05) is 12.1 Å². The Morgan fingerprint density at radius 3 is 2.95 bits per heavy atom. The third kappa shape index (κ3) is 5.83. The molecule has 1 fully saturated rings. The highest BCUT2D eigenvalue weighted by Gasteiger charge is 2.13. The lowest BCUT2D eigenvalue weighted by Crippen LogP contribution is -2.24. The number of nitrogens with one attached hydrogen (secondary N) is 1. The second-order valence-electron chi connectivity index (χ2n) is 5.24. The van der Waals surface area contributed by atoms with Gasteiger partial charge in [-0.25, -0.2) is 0 Å². The minimum Gasteiger partial charge on any atom is -0.381 e. The third-order valence-corrected chi connectivity index (χ3v) is 3.52. The number of nitrogens with two attached hydrogens (primary N) is 1. The average Bonchev–Trinajstić information content (AvgIpc) is 2.53. The predicted octanol–water partition coefficient (Wildman–Crippen LogP) is 2.06. The van der Waals surface area contributed by atoms with E-state index >= 15 is 0 Å². The van der Waals surface area contributed by atoms with Crippen LogP contribution >= 0.6 is 0 Å². The zero-order valence-corrected chi connectivity index (χ0v) is 12.3. The Hall–Kier alpha value is -1.43. The molecule has 1 aliphatic rings. The summed E-state index contributed by atoms with van der Waals surface area (Å²) in [6, 6.07) is 7.61. The fourth-order valence-corrected chi connectivity index (χ4v) is 2.32. The monoisotopic (exact) mass is 292 g/mol. The van der Waals surface area contributed by atoms with Crippen LogP contribution in [0.2, 0.25) is 0 Å². The molecular formula is C16H24N2O3. The molecule has 0 aromatic heterocycles. The van der Waals surface area contributed by atoms with Crippen molar-refractivity contribution in [2.24, 2.45) is 5.73 Å². The summed E-state index contributed by atoms with van der Waals surface area (Å²) in [5.74, 6) is 0.0137. The van der Waals surface area contributed by atoms with Crippen molar-refractivity contribution in [2.75, 3.05) is 25.1 Å². The Morgan fingerprint density at radius 1 is 1.38 bits per heavy atom. The number of benzene rings is 1. The van der Waals surface area contributed by atoms with Crippen LogP contribution in [0.1, 0.15) is 31.2 Å². The number of hydrogen-bond acceptors (Lipinski definition) is 4. The number of amides is 1. The maximum atomic E-state index is 11.8. The number of ether oxygens (including phenoxy) is 2. The first-order valence-corrected chi connectivity index (χ1v) is 7.56. The molecule has 1 saturated heterocycles. The summed E-state index contributed by atoms with van der Waals surface area (Å²) in [5.41, 5.74) is 7.39. The van der Waals surface area contributed by atoms with Crippen LogP contribution in [0.15, 0.2) is 24.3 Å². The molecule has 1 aliphatic heterocycles. The van der Waals surface area contributed by atoms with Crippen LogP contribution in [-0.4, -0.2) is 31.8 Å². The molecule has 0 unspecified atom stereocenters. The second kappa shape index (κ2) is 8.77. The molecule has 0 spiro atoms. The number of carbonyl (C=O) groups excluding carboxylic acids is 1. The van der Waals surface area contributed by atoms with E-state index in [9.17, 15) is 4.79 Å². The number of hydrogen-bond donors (Lipinski definition) is 2. The number of carbonyl (C=O) groups is 1. The van der Waals surface area contributed by atoms with Crippen LogP contribution in [-0.2, 0) is 20.8 Å². The zero-order chi connectivity index (χ0) is 14.9. The summed E-state index contributed by atoms with van der Waals surface area (Å²) in [5, 5.41) is 2.89. The molecule has 21 heavy (non-hydrogen) atoms. The first-order chi connectivity index (χ1) is 10.3. The van der Waals surface area contributed by atoms with Crippen molar-refractivity contribution >= 4 is 11.6 Å². The molecule has 3 N–H and O–H groups in total. The van der Waals surface area contributed by atoms with Crippen molar-refractivity contribution in [1.29, 1.82) is 0 Å². The quantitative estimate of drug-likeness (QED) is 0.754. The van der Waals surface area contributed by atoms with Gasteiger partial charge in [0.15, 0.2) is 0 Å². The van der Waals surface area contributed by atoms with Gasteiger partial charge in [0.1, 0.15) is 0 Å². The van der Waals surface area contributed by atoms with E-state index < -0.39 is 0 Å². The molecule has 0 radical (unpaired) electrons. The maximum Gasteiger partial charge on any atom is 0.224 e. The predicted molar refractivity (Wildman–Crippen MR) is 82.0 cm³/mol. The highest BCUT2D eigenvalue weighted by Crippen LogP contribution is 2.12. The van der Waals surface area contributed by atoms with Gasteiger partial charge in [-0.15, -0.1) is 0 Å². The molecule has 1 aromatic carbocycles. The minimum absolute atomic E-state index is 0.0137. The average molecular weight is 292 g/mol.